The molecule has 0 aliphatic heterocycles. The highest BCUT2D eigenvalue weighted by Crippen LogP contribution is 2.20. The molecule has 0 fully saturated rings. The standard InChI is InChI=1S/C14H17BrO4/c1-4-18-13(17)14(2,3)19-11-7-5-10(6-8-11)12(16)9-15/h5-8H,4,9H2,1-3H3. The lowest BCUT2D eigenvalue weighted by Crippen LogP contribution is -2.39. The number of hydrogen-bond donors (Lipinski definition) is 0. The molecule has 1 rings (SSSR count). The van der Waals surface area contributed by atoms with Gasteiger partial charge in [-0.25, -0.2) is 4.79 Å². The Kier molecular flexibility index (Phi) is 5.54. The van der Waals surface area contributed by atoms with Crippen molar-refractivity contribution in [2.45, 2.75) is 26.4 Å². The molecule has 0 saturated carbocycles. The first kappa shape index (κ1) is 15.7. The van der Waals surface area contributed by atoms with Gasteiger partial charge in [0.1, 0.15) is 5.75 Å². The summed E-state index contributed by atoms with van der Waals surface area (Å²) >= 11 is 3.11. The lowest BCUT2D eigenvalue weighted by Gasteiger charge is -2.24. The number of ketones is 1. The fourth-order valence-electron chi connectivity index (χ4n) is 1.43. The molecule has 1 aromatic carbocycles. The Balaban J connectivity index is 2.77. The van der Waals surface area contributed by atoms with Crippen molar-refractivity contribution in [2.24, 2.45) is 0 Å². The maximum Gasteiger partial charge on any atom is 0.349 e. The number of carbonyl (C=O) groups excluding carboxylic acids is 2. The molecule has 104 valence electrons. The largest absolute Gasteiger partial charge is 0.476 e. The van der Waals surface area contributed by atoms with E-state index in [1.54, 1.807) is 45.0 Å². The number of rotatable bonds is 6. The Bertz CT molecular complexity index is 451. The van der Waals surface area contributed by atoms with Crippen LogP contribution < -0.4 is 4.74 Å². The minimum Gasteiger partial charge on any atom is -0.476 e. The van der Waals surface area contributed by atoms with Gasteiger partial charge < -0.3 is 9.47 Å². The average Bonchev–Trinajstić information content (AvgIpc) is 2.38. The molecule has 4 nitrogen and oxygen atoms in total. The zero-order valence-electron chi connectivity index (χ0n) is 11.2. The Morgan fingerprint density at radius 1 is 1.21 bits per heavy atom. The van der Waals surface area contributed by atoms with Crippen LogP contribution in [0.3, 0.4) is 0 Å². The summed E-state index contributed by atoms with van der Waals surface area (Å²) in [5, 5.41) is 0.279. The lowest BCUT2D eigenvalue weighted by atomic mass is 10.1. The molecular formula is C14H17BrO4. The molecule has 0 aliphatic carbocycles. The lowest BCUT2D eigenvalue weighted by molar-refractivity contribution is -0.158. The van der Waals surface area contributed by atoms with Crippen LogP contribution in [0.4, 0.5) is 0 Å². The molecule has 0 atom stereocenters. The number of benzene rings is 1. The van der Waals surface area contributed by atoms with Crippen molar-refractivity contribution in [3.63, 3.8) is 0 Å². The molecule has 1 aromatic rings. The first-order valence-corrected chi connectivity index (χ1v) is 7.08. The number of ether oxygens (including phenoxy) is 2. The van der Waals surface area contributed by atoms with E-state index in [4.69, 9.17) is 9.47 Å². The van der Waals surface area contributed by atoms with Gasteiger partial charge in [0, 0.05) is 5.56 Å². The fourth-order valence-corrected chi connectivity index (χ4v) is 1.75. The third-order valence-corrected chi connectivity index (χ3v) is 2.95. The van der Waals surface area contributed by atoms with Crippen LogP contribution in [0, 0.1) is 0 Å². The van der Waals surface area contributed by atoms with Gasteiger partial charge in [-0.3, -0.25) is 4.79 Å². The van der Waals surface area contributed by atoms with E-state index in [2.05, 4.69) is 15.9 Å². The van der Waals surface area contributed by atoms with Crippen molar-refractivity contribution in [1.29, 1.82) is 0 Å². The second-order valence-corrected chi connectivity index (χ2v) is 4.97. The van der Waals surface area contributed by atoms with Gasteiger partial charge >= 0.3 is 5.97 Å². The van der Waals surface area contributed by atoms with Crippen LogP contribution in [0.2, 0.25) is 0 Å². The molecule has 0 unspecified atom stereocenters. The molecule has 0 heterocycles. The molecule has 19 heavy (non-hydrogen) atoms. The second-order valence-electron chi connectivity index (χ2n) is 4.41. The van der Waals surface area contributed by atoms with Crippen LogP contribution in [-0.4, -0.2) is 29.3 Å². The summed E-state index contributed by atoms with van der Waals surface area (Å²) in [7, 11) is 0. The van der Waals surface area contributed by atoms with Crippen molar-refractivity contribution in [2.75, 3.05) is 11.9 Å². The first-order valence-electron chi connectivity index (χ1n) is 5.96. The molecule has 0 radical (unpaired) electrons. The summed E-state index contributed by atoms with van der Waals surface area (Å²) in [4.78, 5) is 23.1. The summed E-state index contributed by atoms with van der Waals surface area (Å²) in [6.45, 7) is 5.34. The van der Waals surface area contributed by atoms with Crippen molar-refractivity contribution >= 4 is 27.7 Å². The van der Waals surface area contributed by atoms with E-state index in [0.29, 0.717) is 17.9 Å². The summed E-state index contributed by atoms with van der Waals surface area (Å²) in [5.41, 5.74) is -0.463. The number of hydrogen-bond acceptors (Lipinski definition) is 4. The van der Waals surface area contributed by atoms with E-state index >= 15 is 0 Å². The molecule has 0 aliphatic rings. The predicted molar refractivity (Wildman–Crippen MR) is 75.9 cm³/mol. The highest BCUT2D eigenvalue weighted by Gasteiger charge is 2.31. The van der Waals surface area contributed by atoms with Gasteiger partial charge in [0.15, 0.2) is 11.4 Å². The number of halogens is 1. The van der Waals surface area contributed by atoms with Gasteiger partial charge in [-0.15, -0.1) is 0 Å². The molecule has 0 amide bonds. The number of carbonyl (C=O) groups is 2. The zero-order chi connectivity index (χ0) is 14.5. The first-order chi connectivity index (χ1) is 8.90. The van der Waals surface area contributed by atoms with Crippen LogP contribution in [0.1, 0.15) is 31.1 Å². The van der Waals surface area contributed by atoms with E-state index < -0.39 is 11.6 Å². The third-order valence-electron chi connectivity index (χ3n) is 2.44. The molecule has 0 spiro atoms. The summed E-state index contributed by atoms with van der Waals surface area (Å²) in [6.07, 6.45) is 0. The minimum atomic E-state index is -1.06. The quantitative estimate of drug-likeness (QED) is 0.457. The maximum atomic E-state index is 11.7. The fraction of sp³-hybridized carbons (Fsp3) is 0.429. The van der Waals surface area contributed by atoms with E-state index in [-0.39, 0.29) is 11.1 Å². The predicted octanol–water partition coefficient (Wildman–Crippen LogP) is 2.98. The molecule has 5 heteroatoms. The number of esters is 1. The summed E-state index contributed by atoms with van der Waals surface area (Å²) in [6, 6.07) is 6.66. The minimum absolute atomic E-state index is 0.00352. The highest BCUT2D eigenvalue weighted by molar-refractivity contribution is 9.09. The molecule has 0 saturated heterocycles. The van der Waals surface area contributed by atoms with Crippen LogP contribution in [0.5, 0.6) is 5.75 Å². The summed E-state index contributed by atoms with van der Waals surface area (Å²) < 4.78 is 10.5. The van der Waals surface area contributed by atoms with Gasteiger partial charge in [-0.05, 0) is 45.0 Å². The molecular weight excluding hydrogens is 312 g/mol. The highest BCUT2D eigenvalue weighted by atomic mass is 79.9. The Labute approximate surface area is 121 Å². The Hall–Kier alpha value is -1.36. The maximum absolute atomic E-state index is 11.7. The van der Waals surface area contributed by atoms with Gasteiger partial charge in [-0.1, -0.05) is 15.9 Å². The van der Waals surface area contributed by atoms with Crippen LogP contribution in [-0.2, 0) is 9.53 Å². The third kappa shape index (κ3) is 4.35. The average molecular weight is 329 g/mol. The SMILES string of the molecule is CCOC(=O)C(C)(C)Oc1ccc(C(=O)CBr)cc1. The van der Waals surface area contributed by atoms with Gasteiger partial charge in [0.05, 0.1) is 11.9 Å². The van der Waals surface area contributed by atoms with E-state index in [1.807, 2.05) is 0 Å². The number of Topliss-reactive ketones (excluding diaryl/α,β-unsaturated/α-hetero) is 1. The normalized spacial score (nSPS) is 10.9. The van der Waals surface area contributed by atoms with Crippen LogP contribution >= 0.6 is 15.9 Å². The topological polar surface area (TPSA) is 52.6 Å². The van der Waals surface area contributed by atoms with Gasteiger partial charge in [0.2, 0.25) is 0 Å². The second kappa shape index (κ2) is 6.70. The van der Waals surface area contributed by atoms with Crippen molar-refractivity contribution in [1.82, 2.24) is 0 Å². The van der Waals surface area contributed by atoms with Crippen LogP contribution in [0.15, 0.2) is 24.3 Å². The van der Waals surface area contributed by atoms with Crippen molar-refractivity contribution in [3.05, 3.63) is 29.8 Å². The molecule has 0 aromatic heterocycles. The number of alkyl halides is 1. The van der Waals surface area contributed by atoms with Crippen molar-refractivity contribution < 1.29 is 19.1 Å². The Morgan fingerprint density at radius 2 is 1.79 bits per heavy atom. The van der Waals surface area contributed by atoms with E-state index in [9.17, 15) is 9.59 Å². The monoisotopic (exact) mass is 328 g/mol. The molecule has 0 bridgehead atoms. The zero-order valence-corrected chi connectivity index (χ0v) is 12.8. The Morgan fingerprint density at radius 3 is 2.26 bits per heavy atom. The van der Waals surface area contributed by atoms with Gasteiger partial charge in [-0.2, -0.15) is 0 Å². The van der Waals surface area contributed by atoms with E-state index in [0.717, 1.165) is 0 Å². The smallest absolute Gasteiger partial charge is 0.349 e. The summed E-state index contributed by atoms with van der Waals surface area (Å²) in [5.74, 6) is 0.0935. The molecule has 0 N–H and O–H groups in total. The van der Waals surface area contributed by atoms with E-state index in [1.165, 1.54) is 0 Å². The van der Waals surface area contributed by atoms with Crippen LogP contribution in [0.25, 0.3) is 0 Å². The van der Waals surface area contributed by atoms with Gasteiger partial charge in [0.25, 0.3) is 0 Å². The van der Waals surface area contributed by atoms with Crippen molar-refractivity contribution in [3.8, 4) is 5.75 Å².